The summed E-state index contributed by atoms with van der Waals surface area (Å²) in [5.41, 5.74) is 4.59. The van der Waals surface area contributed by atoms with E-state index in [2.05, 4.69) is 0 Å². The van der Waals surface area contributed by atoms with Crippen molar-refractivity contribution < 1.29 is 9.90 Å². The van der Waals surface area contributed by atoms with Crippen molar-refractivity contribution in [2.45, 2.75) is 20.0 Å². The molecular formula is C13H15N3O4. The van der Waals surface area contributed by atoms with E-state index in [0.29, 0.717) is 12.1 Å². The van der Waals surface area contributed by atoms with E-state index in [1.165, 1.54) is 10.6 Å². The van der Waals surface area contributed by atoms with Gasteiger partial charge in [-0.1, -0.05) is 6.07 Å². The van der Waals surface area contributed by atoms with Gasteiger partial charge in [0.2, 0.25) is 5.91 Å². The number of amides is 1. The third-order valence-electron chi connectivity index (χ3n) is 3.16. The number of benzene rings is 1. The molecule has 0 atom stereocenters. The lowest BCUT2D eigenvalue weighted by Crippen LogP contribution is -2.41. The molecule has 0 aliphatic rings. The highest BCUT2D eigenvalue weighted by Crippen LogP contribution is 2.13. The molecule has 1 aromatic heterocycles. The molecule has 106 valence electrons. The number of nitrogens with two attached hydrogens (primary N) is 1. The molecule has 0 unspecified atom stereocenters. The molecular weight excluding hydrogens is 262 g/mol. The van der Waals surface area contributed by atoms with E-state index in [1.54, 1.807) is 19.1 Å². The lowest BCUT2D eigenvalue weighted by atomic mass is 10.1. The molecule has 1 heterocycles. The maximum absolute atomic E-state index is 12.4. The van der Waals surface area contributed by atoms with Gasteiger partial charge in [0.05, 0.1) is 29.6 Å². The summed E-state index contributed by atoms with van der Waals surface area (Å²) in [5.74, 6) is -0.732. The minimum absolute atomic E-state index is 0.0707. The number of fused-ring (bicyclic) bond motifs is 1. The van der Waals surface area contributed by atoms with Gasteiger partial charge in [-0.15, -0.1) is 0 Å². The largest absolute Gasteiger partial charge is 0.395 e. The molecule has 0 saturated heterocycles. The maximum Gasteiger partial charge on any atom is 0.331 e. The number of aromatic nitrogens is 2. The van der Waals surface area contributed by atoms with Crippen molar-refractivity contribution in [2.24, 2.45) is 5.73 Å². The van der Waals surface area contributed by atoms with Crippen LogP contribution in [0.5, 0.6) is 0 Å². The lowest BCUT2D eigenvalue weighted by Gasteiger charge is -2.13. The summed E-state index contributed by atoms with van der Waals surface area (Å²) < 4.78 is 2.29. The molecule has 0 aliphatic carbocycles. The van der Waals surface area contributed by atoms with Crippen LogP contribution >= 0.6 is 0 Å². The number of carbonyl (C=O) groups excluding carboxylic acids is 1. The number of carbonyl (C=O) groups is 1. The van der Waals surface area contributed by atoms with E-state index >= 15 is 0 Å². The predicted molar refractivity (Wildman–Crippen MR) is 73.7 cm³/mol. The number of hydrogen-bond acceptors (Lipinski definition) is 4. The van der Waals surface area contributed by atoms with Gasteiger partial charge in [0, 0.05) is 6.54 Å². The summed E-state index contributed by atoms with van der Waals surface area (Å²) in [7, 11) is 0. The molecule has 0 aliphatic heterocycles. The van der Waals surface area contributed by atoms with Crippen molar-refractivity contribution in [1.29, 1.82) is 0 Å². The van der Waals surface area contributed by atoms with E-state index in [-0.39, 0.29) is 24.1 Å². The molecule has 1 amide bonds. The van der Waals surface area contributed by atoms with Gasteiger partial charge >= 0.3 is 5.69 Å². The number of aliphatic hydroxyl groups is 1. The second-order valence-corrected chi connectivity index (χ2v) is 4.27. The van der Waals surface area contributed by atoms with Crippen LogP contribution in [0.2, 0.25) is 0 Å². The first-order chi connectivity index (χ1) is 9.52. The molecule has 3 N–H and O–H groups in total. The van der Waals surface area contributed by atoms with E-state index in [4.69, 9.17) is 10.8 Å². The Hall–Kier alpha value is -2.41. The van der Waals surface area contributed by atoms with Gasteiger partial charge in [-0.05, 0) is 19.1 Å². The van der Waals surface area contributed by atoms with Crippen LogP contribution in [0.4, 0.5) is 0 Å². The first-order valence-corrected chi connectivity index (χ1v) is 6.20. The van der Waals surface area contributed by atoms with Crippen LogP contribution in [-0.2, 0) is 13.1 Å². The Morgan fingerprint density at radius 3 is 2.55 bits per heavy atom. The topological polar surface area (TPSA) is 107 Å². The number of rotatable bonds is 4. The Bertz CT molecular complexity index is 789. The van der Waals surface area contributed by atoms with Gasteiger partial charge in [0.25, 0.3) is 5.56 Å². The summed E-state index contributed by atoms with van der Waals surface area (Å²) in [6.45, 7) is 1.62. The van der Waals surface area contributed by atoms with Gasteiger partial charge < -0.3 is 10.8 Å². The highest BCUT2D eigenvalue weighted by molar-refractivity contribution is 6.05. The first kappa shape index (κ1) is 14.0. The van der Waals surface area contributed by atoms with Crippen molar-refractivity contribution in [3.8, 4) is 0 Å². The maximum atomic E-state index is 12.4. The molecule has 7 heteroatoms. The SMILES string of the molecule is CCn1c(=O)n(CCO)c(=O)c2c(C(N)=O)cccc21. The fourth-order valence-corrected chi connectivity index (χ4v) is 2.27. The zero-order valence-electron chi connectivity index (χ0n) is 11.0. The monoisotopic (exact) mass is 277 g/mol. The van der Waals surface area contributed by atoms with Crippen LogP contribution < -0.4 is 17.0 Å². The molecule has 2 aromatic rings. The molecule has 0 radical (unpaired) electrons. The van der Waals surface area contributed by atoms with E-state index < -0.39 is 17.2 Å². The lowest BCUT2D eigenvalue weighted by molar-refractivity contribution is 0.100. The van der Waals surface area contributed by atoms with Gasteiger partial charge in [0.1, 0.15) is 0 Å². The van der Waals surface area contributed by atoms with Gasteiger partial charge in [-0.25, -0.2) is 4.79 Å². The predicted octanol–water partition coefficient (Wildman–Crippen LogP) is -0.726. The molecule has 0 spiro atoms. The average Bonchev–Trinajstić information content (AvgIpc) is 2.43. The van der Waals surface area contributed by atoms with Crippen LogP contribution in [0.1, 0.15) is 17.3 Å². The fourth-order valence-electron chi connectivity index (χ4n) is 2.27. The molecule has 1 aromatic carbocycles. The Labute approximate surface area is 113 Å². The number of aliphatic hydroxyl groups excluding tert-OH is 1. The number of nitrogens with zero attached hydrogens (tertiary/aromatic N) is 2. The summed E-state index contributed by atoms with van der Waals surface area (Å²) in [5, 5.41) is 9.09. The highest BCUT2D eigenvalue weighted by Gasteiger charge is 2.16. The summed E-state index contributed by atoms with van der Waals surface area (Å²) in [4.78, 5) is 36.0. The summed E-state index contributed by atoms with van der Waals surface area (Å²) >= 11 is 0. The minimum Gasteiger partial charge on any atom is -0.395 e. The van der Waals surface area contributed by atoms with Crippen LogP contribution in [0.3, 0.4) is 0 Å². The van der Waals surface area contributed by atoms with Gasteiger partial charge in [-0.2, -0.15) is 0 Å². The number of primary amides is 1. The van der Waals surface area contributed by atoms with Crippen LogP contribution in [0.15, 0.2) is 27.8 Å². The Morgan fingerprint density at radius 1 is 1.30 bits per heavy atom. The quantitative estimate of drug-likeness (QED) is 0.768. The van der Waals surface area contributed by atoms with Crippen molar-refractivity contribution >= 4 is 16.8 Å². The van der Waals surface area contributed by atoms with E-state index in [9.17, 15) is 14.4 Å². The van der Waals surface area contributed by atoms with E-state index in [0.717, 1.165) is 4.57 Å². The highest BCUT2D eigenvalue weighted by atomic mass is 16.3. The van der Waals surface area contributed by atoms with E-state index in [1.807, 2.05) is 0 Å². The fraction of sp³-hybridized carbons (Fsp3) is 0.308. The van der Waals surface area contributed by atoms with Crippen LogP contribution in [0.25, 0.3) is 10.9 Å². The van der Waals surface area contributed by atoms with Crippen molar-refractivity contribution in [1.82, 2.24) is 9.13 Å². The smallest absolute Gasteiger partial charge is 0.331 e. The zero-order valence-corrected chi connectivity index (χ0v) is 11.0. The number of aryl methyl sites for hydroxylation is 1. The Kier molecular flexibility index (Phi) is 3.71. The molecule has 0 saturated carbocycles. The Morgan fingerprint density at radius 2 is 2.00 bits per heavy atom. The average molecular weight is 277 g/mol. The summed E-state index contributed by atoms with van der Waals surface area (Å²) in [6.07, 6.45) is 0. The second kappa shape index (κ2) is 5.30. The van der Waals surface area contributed by atoms with Gasteiger partial charge in [-0.3, -0.25) is 18.7 Å². The standard InChI is InChI=1S/C13H15N3O4/c1-2-15-9-5-3-4-8(11(14)18)10(9)12(19)16(6-7-17)13(15)20/h3-5,17H,2,6-7H2,1H3,(H2,14,18). The third kappa shape index (κ3) is 2.01. The van der Waals surface area contributed by atoms with Crippen molar-refractivity contribution in [3.63, 3.8) is 0 Å². The molecule has 0 bridgehead atoms. The second-order valence-electron chi connectivity index (χ2n) is 4.27. The third-order valence-corrected chi connectivity index (χ3v) is 3.16. The summed E-state index contributed by atoms with van der Waals surface area (Å²) in [6, 6.07) is 4.61. The van der Waals surface area contributed by atoms with Gasteiger partial charge in [0.15, 0.2) is 0 Å². The normalized spacial score (nSPS) is 10.9. The minimum atomic E-state index is -0.732. The number of hydrogen-bond donors (Lipinski definition) is 2. The zero-order chi connectivity index (χ0) is 14.9. The Balaban J connectivity index is 3.06. The molecule has 2 rings (SSSR count). The molecule has 20 heavy (non-hydrogen) atoms. The van der Waals surface area contributed by atoms with Crippen molar-refractivity contribution in [2.75, 3.05) is 6.61 Å². The van der Waals surface area contributed by atoms with Crippen molar-refractivity contribution in [3.05, 3.63) is 44.6 Å². The molecule has 0 fully saturated rings. The van der Waals surface area contributed by atoms with Crippen LogP contribution in [-0.4, -0.2) is 26.8 Å². The van der Waals surface area contributed by atoms with Crippen LogP contribution in [0, 0.1) is 0 Å². The first-order valence-electron chi connectivity index (χ1n) is 6.20. The molecule has 7 nitrogen and oxygen atoms in total.